The van der Waals surface area contributed by atoms with Gasteiger partial charge >= 0.3 is 0 Å². The molecule has 0 spiro atoms. The molecule has 104 valence electrons. The summed E-state index contributed by atoms with van der Waals surface area (Å²) < 4.78 is 6.17. The second-order valence-corrected chi connectivity index (χ2v) is 5.11. The zero-order chi connectivity index (χ0) is 14.5. The smallest absolute Gasteiger partial charge is 0.256 e. The Morgan fingerprint density at radius 3 is 2.80 bits per heavy atom. The van der Waals surface area contributed by atoms with Gasteiger partial charge in [-0.3, -0.25) is 4.79 Å². The summed E-state index contributed by atoms with van der Waals surface area (Å²) in [4.78, 5) is 16.2. The molecule has 0 aliphatic heterocycles. The van der Waals surface area contributed by atoms with Gasteiger partial charge in [0, 0.05) is 11.8 Å². The van der Waals surface area contributed by atoms with Crippen LogP contribution in [0.2, 0.25) is 0 Å². The van der Waals surface area contributed by atoms with Crippen LogP contribution in [0.15, 0.2) is 41.0 Å². The summed E-state index contributed by atoms with van der Waals surface area (Å²) in [7, 11) is 0. The van der Waals surface area contributed by atoms with Crippen molar-refractivity contribution in [1.29, 1.82) is 0 Å². The summed E-state index contributed by atoms with van der Waals surface area (Å²) in [5, 5.41) is 2.77. The Morgan fingerprint density at radius 1 is 1.35 bits per heavy atom. The summed E-state index contributed by atoms with van der Waals surface area (Å²) in [6, 6.07) is 8.92. The van der Waals surface area contributed by atoms with Gasteiger partial charge in [0.2, 0.25) is 0 Å². The van der Waals surface area contributed by atoms with E-state index in [1.54, 1.807) is 24.4 Å². The molecule has 0 atom stereocenters. The number of aromatic nitrogens is 1. The number of carbonyl (C=O) groups excluding carboxylic acids is 1. The SMILES string of the molecule is CCOc1ccc(C(=O)Nc2cc(C)ccn2)cc1Br. The number of hydrogen-bond donors (Lipinski definition) is 1. The third-order valence-electron chi connectivity index (χ3n) is 2.65. The van der Waals surface area contributed by atoms with Crippen molar-refractivity contribution in [1.82, 2.24) is 4.98 Å². The number of benzene rings is 1. The predicted molar refractivity (Wildman–Crippen MR) is 82.2 cm³/mol. The van der Waals surface area contributed by atoms with Gasteiger partial charge in [0.05, 0.1) is 11.1 Å². The summed E-state index contributed by atoms with van der Waals surface area (Å²) >= 11 is 3.39. The minimum atomic E-state index is -0.202. The van der Waals surface area contributed by atoms with E-state index in [-0.39, 0.29) is 5.91 Å². The molecule has 0 saturated heterocycles. The van der Waals surface area contributed by atoms with Crippen LogP contribution in [0.5, 0.6) is 5.75 Å². The molecule has 1 heterocycles. The number of hydrogen-bond acceptors (Lipinski definition) is 3. The summed E-state index contributed by atoms with van der Waals surface area (Å²) in [5.74, 6) is 1.06. The molecule has 0 saturated carbocycles. The minimum Gasteiger partial charge on any atom is -0.493 e. The van der Waals surface area contributed by atoms with E-state index in [0.717, 1.165) is 15.8 Å². The predicted octanol–water partition coefficient (Wildman–Crippen LogP) is 3.80. The van der Waals surface area contributed by atoms with Gasteiger partial charge in [0.15, 0.2) is 0 Å². The standard InChI is InChI=1S/C15H15BrN2O2/c1-3-20-13-5-4-11(9-12(13)16)15(19)18-14-8-10(2)6-7-17-14/h4-9H,3H2,1-2H3,(H,17,18,19). The Balaban J connectivity index is 2.15. The highest BCUT2D eigenvalue weighted by Crippen LogP contribution is 2.26. The second kappa shape index (κ2) is 6.52. The summed E-state index contributed by atoms with van der Waals surface area (Å²) in [5.41, 5.74) is 1.59. The van der Waals surface area contributed by atoms with Crippen molar-refractivity contribution < 1.29 is 9.53 Å². The first kappa shape index (κ1) is 14.5. The van der Waals surface area contributed by atoms with Crippen LogP contribution in [0.1, 0.15) is 22.8 Å². The van der Waals surface area contributed by atoms with Crippen molar-refractivity contribution in [2.24, 2.45) is 0 Å². The Bertz CT molecular complexity index is 629. The number of pyridine rings is 1. The van der Waals surface area contributed by atoms with Crippen LogP contribution >= 0.6 is 15.9 Å². The van der Waals surface area contributed by atoms with Crippen LogP contribution in [-0.4, -0.2) is 17.5 Å². The quantitative estimate of drug-likeness (QED) is 0.925. The molecule has 0 aliphatic carbocycles. The van der Waals surface area contributed by atoms with Crippen LogP contribution in [0.4, 0.5) is 5.82 Å². The molecule has 1 aromatic carbocycles. The van der Waals surface area contributed by atoms with Gasteiger partial charge in [0.1, 0.15) is 11.6 Å². The molecule has 0 radical (unpaired) electrons. The van der Waals surface area contributed by atoms with Crippen LogP contribution < -0.4 is 10.1 Å². The lowest BCUT2D eigenvalue weighted by Gasteiger charge is -2.08. The van der Waals surface area contributed by atoms with E-state index >= 15 is 0 Å². The van der Waals surface area contributed by atoms with Crippen molar-refractivity contribution in [2.75, 3.05) is 11.9 Å². The van der Waals surface area contributed by atoms with Crippen molar-refractivity contribution in [3.63, 3.8) is 0 Å². The number of anilines is 1. The van der Waals surface area contributed by atoms with Gasteiger partial charge in [-0.2, -0.15) is 0 Å². The van der Waals surface area contributed by atoms with E-state index in [9.17, 15) is 4.79 Å². The fourth-order valence-corrected chi connectivity index (χ4v) is 2.20. The molecule has 4 nitrogen and oxygen atoms in total. The molecule has 0 bridgehead atoms. The van der Waals surface area contributed by atoms with Gasteiger partial charge in [-0.1, -0.05) is 0 Å². The number of ether oxygens (including phenoxy) is 1. The topological polar surface area (TPSA) is 51.2 Å². The van der Waals surface area contributed by atoms with Gasteiger partial charge in [-0.15, -0.1) is 0 Å². The highest BCUT2D eigenvalue weighted by atomic mass is 79.9. The fraction of sp³-hybridized carbons (Fsp3) is 0.200. The van der Waals surface area contributed by atoms with Crippen LogP contribution in [-0.2, 0) is 0 Å². The Hall–Kier alpha value is -1.88. The number of nitrogens with zero attached hydrogens (tertiary/aromatic N) is 1. The average molecular weight is 335 g/mol. The molecule has 1 amide bonds. The molecule has 20 heavy (non-hydrogen) atoms. The lowest BCUT2D eigenvalue weighted by atomic mass is 10.2. The molecular formula is C15H15BrN2O2. The van der Waals surface area contributed by atoms with E-state index in [1.165, 1.54) is 0 Å². The van der Waals surface area contributed by atoms with Gasteiger partial charge in [-0.05, 0) is 65.7 Å². The highest BCUT2D eigenvalue weighted by Gasteiger charge is 2.10. The molecule has 0 aliphatic rings. The fourth-order valence-electron chi connectivity index (χ4n) is 1.71. The first-order valence-electron chi connectivity index (χ1n) is 6.26. The number of rotatable bonds is 4. The Kier molecular flexibility index (Phi) is 4.74. The largest absolute Gasteiger partial charge is 0.493 e. The van der Waals surface area contributed by atoms with Crippen molar-refractivity contribution >= 4 is 27.7 Å². The van der Waals surface area contributed by atoms with Crippen LogP contribution in [0, 0.1) is 6.92 Å². The molecule has 2 aromatic rings. The zero-order valence-electron chi connectivity index (χ0n) is 11.3. The number of halogens is 1. The van der Waals surface area contributed by atoms with Crippen LogP contribution in [0.3, 0.4) is 0 Å². The molecule has 1 N–H and O–H groups in total. The van der Waals surface area contributed by atoms with E-state index < -0.39 is 0 Å². The third kappa shape index (κ3) is 3.57. The first-order valence-corrected chi connectivity index (χ1v) is 7.06. The lowest BCUT2D eigenvalue weighted by Crippen LogP contribution is -2.13. The molecule has 2 rings (SSSR count). The maximum atomic E-state index is 12.1. The second-order valence-electron chi connectivity index (χ2n) is 4.25. The van der Waals surface area contributed by atoms with E-state index in [1.807, 2.05) is 26.0 Å². The Labute approximate surface area is 126 Å². The van der Waals surface area contributed by atoms with E-state index in [2.05, 4.69) is 26.2 Å². The van der Waals surface area contributed by atoms with Crippen molar-refractivity contribution in [3.05, 3.63) is 52.1 Å². The van der Waals surface area contributed by atoms with Crippen molar-refractivity contribution in [2.45, 2.75) is 13.8 Å². The molecule has 0 fully saturated rings. The number of carbonyl (C=O) groups is 1. The highest BCUT2D eigenvalue weighted by molar-refractivity contribution is 9.10. The number of amides is 1. The third-order valence-corrected chi connectivity index (χ3v) is 3.27. The molecule has 5 heteroatoms. The molecule has 1 aromatic heterocycles. The molecule has 0 unspecified atom stereocenters. The number of aryl methyl sites for hydroxylation is 1. The zero-order valence-corrected chi connectivity index (χ0v) is 12.9. The van der Waals surface area contributed by atoms with Gasteiger partial charge < -0.3 is 10.1 Å². The maximum absolute atomic E-state index is 12.1. The summed E-state index contributed by atoms with van der Waals surface area (Å²) in [6.07, 6.45) is 1.67. The first-order chi connectivity index (χ1) is 9.60. The minimum absolute atomic E-state index is 0.202. The van der Waals surface area contributed by atoms with E-state index in [0.29, 0.717) is 18.0 Å². The van der Waals surface area contributed by atoms with E-state index in [4.69, 9.17) is 4.74 Å². The monoisotopic (exact) mass is 334 g/mol. The normalized spacial score (nSPS) is 10.2. The molecular weight excluding hydrogens is 320 g/mol. The maximum Gasteiger partial charge on any atom is 0.256 e. The Morgan fingerprint density at radius 2 is 2.15 bits per heavy atom. The van der Waals surface area contributed by atoms with Gasteiger partial charge in [-0.25, -0.2) is 4.98 Å². The van der Waals surface area contributed by atoms with Gasteiger partial charge in [0.25, 0.3) is 5.91 Å². The number of nitrogens with one attached hydrogen (secondary N) is 1. The lowest BCUT2D eigenvalue weighted by molar-refractivity contribution is 0.102. The summed E-state index contributed by atoms with van der Waals surface area (Å²) in [6.45, 7) is 4.44. The van der Waals surface area contributed by atoms with Crippen molar-refractivity contribution in [3.8, 4) is 5.75 Å². The average Bonchev–Trinajstić information content (AvgIpc) is 2.41. The van der Waals surface area contributed by atoms with Crippen LogP contribution in [0.25, 0.3) is 0 Å².